The first-order valence-corrected chi connectivity index (χ1v) is 6.24. The first-order valence-electron chi connectivity index (χ1n) is 6.24. The number of ether oxygens (including phenoxy) is 2. The van der Waals surface area contributed by atoms with Crippen LogP contribution in [0.25, 0.3) is 0 Å². The Balaban J connectivity index is 2.11. The molecule has 0 aliphatic heterocycles. The summed E-state index contributed by atoms with van der Waals surface area (Å²) in [7, 11) is 3.30. The Hall–Kier alpha value is -2.17. The fourth-order valence-electron chi connectivity index (χ4n) is 1.90. The zero-order valence-electron chi connectivity index (χ0n) is 11.5. The van der Waals surface area contributed by atoms with Crippen LogP contribution in [-0.4, -0.2) is 23.8 Å². The van der Waals surface area contributed by atoms with Crippen molar-refractivity contribution in [2.45, 2.75) is 20.0 Å². The molecule has 2 aromatic rings. The largest absolute Gasteiger partial charge is 0.497 e. The maximum Gasteiger partial charge on any atom is 0.203 e. The molecule has 102 valence electrons. The van der Waals surface area contributed by atoms with Gasteiger partial charge in [-0.25, -0.2) is 4.98 Å². The second kappa shape index (κ2) is 6.13. The summed E-state index contributed by atoms with van der Waals surface area (Å²) < 4.78 is 12.6. The molecule has 5 heteroatoms. The minimum absolute atomic E-state index is 0.657. The lowest BCUT2D eigenvalue weighted by Gasteiger charge is -2.12. The summed E-state index contributed by atoms with van der Waals surface area (Å²) in [4.78, 5) is 4.28. The van der Waals surface area contributed by atoms with E-state index in [2.05, 4.69) is 21.8 Å². The normalized spacial score (nSPS) is 10.3. The number of methoxy groups -OCH3 is 2. The van der Waals surface area contributed by atoms with Gasteiger partial charge in [-0.05, 0) is 19.1 Å². The second-order valence-corrected chi connectivity index (χ2v) is 4.07. The van der Waals surface area contributed by atoms with Gasteiger partial charge in [0.25, 0.3) is 0 Å². The van der Waals surface area contributed by atoms with Crippen LogP contribution in [0, 0.1) is 0 Å². The Kier molecular flexibility index (Phi) is 4.28. The lowest BCUT2D eigenvalue weighted by Crippen LogP contribution is -2.07. The Morgan fingerprint density at radius 2 is 2.11 bits per heavy atom. The van der Waals surface area contributed by atoms with Crippen molar-refractivity contribution in [1.82, 2.24) is 9.55 Å². The molecule has 0 bridgehead atoms. The first kappa shape index (κ1) is 13.3. The van der Waals surface area contributed by atoms with E-state index >= 15 is 0 Å². The lowest BCUT2D eigenvalue weighted by atomic mass is 10.2. The van der Waals surface area contributed by atoms with Gasteiger partial charge in [-0.3, -0.25) is 0 Å². The number of imidazole rings is 1. The molecule has 0 radical (unpaired) electrons. The highest BCUT2D eigenvalue weighted by Crippen LogP contribution is 2.25. The molecule has 1 heterocycles. The van der Waals surface area contributed by atoms with E-state index in [9.17, 15) is 0 Å². The number of hydrogen-bond donors (Lipinski definition) is 1. The van der Waals surface area contributed by atoms with Crippen LogP contribution in [0.15, 0.2) is 30.6 Å². The van der Waals surface area contributed by atoms with Crippen molar-refractivity contribution in [2.24, 2.45) is 0 Å². The summed E-state index contributed by atoms with van der Waals surface area (Å²) in [5.74, 6) is 2.46. The summed E-state index contributed by atoms with van der Waals surface area (Å²) in [5.41, 5.74) is 1.06. The van der Waals surface area contributed by atoms with Crippen LogP contribution in [0.2, 0.25) is 0 Å². The van der Waals surface area contributed by atoms with Crippen molar-refractivity contribution in [3.8, 4) is 11.5 Å². The van der Waals surface area contributed by atoms with Crippen molar-refractivity contribution in [2.75, 3.05) is 19.5 Å². The molecule has 0 amide bonds. The zero-order chi connectivity index (χ0) is 13.7. The number of aryl methyl sites for hydroxylation is 1. The SMILES string of the molecule is CCn1ccnc1NCc1ccc(OC)cc1OC. The van der Waals surface area contributed by atoms with Gasteiger partial charge in [-0.15, -0.1) is 0 Å². The number of nitrogens with zero attached hydrogens (tertiary/aromatic N) is 2. The van der Waals surface area contributed by atoms with E-state index in [0.717, 1.165) is 29.6 Å². The van der Waals surface area contributed by atoms with Crippen molar-refractivity contribution in [3.63, 3.8) is 0 Å². The van der Waals surface area contributed by atoms with E-state index in [1.54, 1.807) is 20.4 Å². The van der Waals surface area contributed by atoms with Crippen LogP contribution < -0.4 is 14.8 Å². The van der Waals surface area contributed by atoms with Gasteiger partial charge in [0.2, 0.25) is 5.95 Å². The van der Waals surface area contributed by atoms with Gasteiger partial charge in [0.05, 0.1) is 14.2 Å². The summed E-state index contributed by atoms with van der Waals surface area (Å²) in [6.07, 6.45) is 3.74. The van der Waals surface area contributed by atoms with E-state index < -0.39 is 0 Å². The molecule has 1 aromatic heterocycles. The quantitative estimate of drug-likeness (QED) is 0.868. The summed E-state index contributed by atoms with van der Waals surface area (Å²) >= 11 is 0. The Labute approximate surface area is 113 Å². The van der Waals surface area contributed by atoms with Crippen molar-refractivity contribution >= 4 is 5.95 Å². The number of benzene rings is 1. The summed E-state index contributed by atoms with van der Waals surface area (Å²) in [6, 6.07) is 5.79. The van der Waals surface area contributed by atoms with Gasteiger partial charge >= 0.3 is 0 Å². The molecule has 0 saturated heterocycles. The molecule has 19 heavy (non-hydrogen) atoms. The molecule has 0 aliphatic rings. The number of rotatable bonds is 6. The molecule has 5 nitrogen and oxygen atoms in total. The molecule has 0 unspecified atom stereocenters. The Morgan fingerprint density at radius 3 is 2.79 bits per heavy atom. The number of aromatic nitrogens is 2. The van der Waals surface area contributed by atoms with Crippen LogP contribution >= 0.6 is 0 Å². The molecular formula is C14H19N3O2. The van der Waals surface area contributed by atoms with Crippen LogP contribution in [0.1, 0.15) is 12.5 Å². The molecule has 1 aromatic carbocycles. The third kappa shape index (κ3) is 2.99. The smallest absolute Gasteiger partial charge is 0.203 e. The van der Waals surface area contributed by atoms with E-state index in [1.807, 2.05) is 24.4 Å². The maximum atomic E-state index is 5.37. The lowest BCUT2D eigenvalue weighted by molar-refractivity contribution is 0.391. The van der Waals surface area contributed by atoms with Gasteiger partial charge in [-0.2, -0.15) is 0 Å². The average molecular weight is 261 g/mol. The van der Waals surface area contributed by atoms with Crippen LogP contribution in [0.3, 0.4) is 0 Å². The average Bonchev–Trinajstić information content (AvgIpc) is 2.92. The minimum atomic E-state index is 0.657. The van der Waals surface area contributed by atoms with Gasteiger partial charge in [0, 0.05) is 37.1 Å². The standard InChI is InChI=1S/C14H19N3O2/c1-4-17-8-7-15-14(17)16-10-11-5-6-12(18-2)9-13(11)19-3/h5-9H,4,10H2,1-3H3,(H,15,16). The highest BCUT2D eigenvalue weighted by molar-refractivity contribution is 5.42. The van der Waals surface area contributed by atoms with E-state index in [4.69, 9.17) is 9.47 Å². The van der Waals surface area contributed by atoms with Gasteiger partial charge in [0.15, 0.2) is 0 Å². The fraction of sp³-hybridized carbons (Fsp3) is 0.357. The van der Waals surface area contributed by atoms with E-state index in [1.165, 1.54) is 0 Å². The predicted octanol–water partition coefficient (Wildman–Crippen LogP) is 2.53. The number of nitrogens with one attached hydrogen (secondary N) is 1. The zero-order valence-corrected chi connectivity index (χ0v) is 11.5. The van der Waals surface area contributed by atoms with Crippen LogP contribution in [0.4, 0.5) is 5.95 Å². The van der Waals surface area contributed by atoms with Gasteiger partial charge in [0.1, 0.15) is 11.5 Å². The summed E-state index contributed by atoms with van der Waals surface area (Å²) in [5, 5.41) is 3.30. The molecule has 2 rings (SSSR count). The van der Waals surface area contributed by atoms with E-state index in [0.29, 0.717) is 6.54 Å². The topological polar surface area (TPSA) is 48.3 Å². The fourth-order valence-corrected chi connectivity index (χ4v) is 1.90. The molecule has 1 N–H and O–H groups in total. The van der Waals surface area contributed by atoms with Gasteiger partial charge in [-0.1, -0.05) is 0 Å². The van der Waals surface area contributed by atoms with E-state index in [-0.39, 0.29) is 0 Å². The van der Waals surface area contributed by atoms with Crippen LogP contribution in [0.5, 0.6) is 11.5 Å². The third-order valence-corrected chi connectivity index (χ3v) is 2.99. The van der Waals surface area contributed by atoms with Crippen molar-refractivity contribution in [1.29, 1.82) is 0 Å². The summed E-state index contributed by atoms with van der Waals surface area (Å²) in [6.45, 7) is 3.63. The van der Waals surface area contributed by atoms with Crippen LogP contribution in [-0.2, 0) is 13.1 Å². The molecule has 0 atom stereocenters. The monoisotopic (exact) mass is 261 g/mol. The van der Waals surface area contributed by atoms with Crippen molar-refractivity contribution < 1.29 is 9.47 Å². The molecular weight excluding hydrogens is 242 g/mol. The Morgan fingerprint density at radius 1 is 1.26 bits per heavy atom. The molecule has 0 fully saturated rings. The molecule has 0 aliphatic carbocycles. The third-order valence-electron chi connectivity index (χ3n) is 2.99. The Bertz CT molecular complexity index is 537. The number of anilines is 1. The second-order valence-electron chi connectivity index (χ2n) is 4.07. The number of hydrogen-bond acceptors (Lipinski definition) is 4. The van der Waals surface area contributed by atoms with Crippen molar-refractivity contribution in [3.05, 3.63) is 36.2 Å². The highest BCUT2D eigenvalue weighted by Gasteiger charge is 2.06. The molecule has 0 saturated carbocycles. The predicted molar refractivity (Wildman–Crippen MR) is 74.8 cm³/mol. The first-order chi connectivity index (χ1) is 9.28. The van der Waals surface area contributed by atoms with Gasteiger partial charge < -0.3 is 19.4 Å². The minimum Gasteiger partial charge on any atom is -0.497 e. The maximum absolute atomic E-state index is 5.37. The molecule has 0 spiro atoms. The highest BCUT2D eigenvalue weighted by atomic mass is 16.5.